The van der Waals surface area contributed by atoms with Gasteiger partial charge in [-0.1, -0.05) is 24.3 Å². The minimum atomic E-state index is 0.161. The molecule has 0 spiro atoms. The molecule has 0 aromatic heterocycles. The normalized spacial score (nSPS) is 24.6. The first-order valence-electron chi connectivity index (χ1n) is 6.55. The highest BCUT2D eigenvalue weighted by Crippen LogP contribution is 2.36. The third-order valence-electron chi connectivity index (χ3n) is 4.10. The van der Waals surface area contributed by atoms with Crippen LogP contribution in [0.2, 0.25) is 0 Å². The highest BCUT2D eigenvalue weighted by atomic mass is 16.5. The zero-order valence-electron chi connectivity index (χ0n) is 10.0. The summed E-state index contributed by atoms with van der Waals surface area (Å²) in [5.74, 6) is 0.854. The molecule has 1 saturated heterocycles. The van der Waals surface area contributed by atoms with E-state index < -0.39 is 0 Å². The fraction of sp³-hybridized carbons (Fsp3) is 0.533. The summed E-state index contributed by atoms with van der Waals surface area (Å²) in [7, 11) is 0. The first-order chi connectivity index (χ1) is 8.36. The van der Waals surface area contributed by atoms with Crippen LogP contribution in [-0.4, -0.2) is 19.0 Å². The maximum absolute atomic E-state index is 12.5. The zero-order chi connectivity index (χ0) is 11.7. The Morgan fingerprint density at radius 2 is 1.88 bits per heavy atom. The van der Waals surface area contributed by atoms with Crippen LogP contribution in [0.1, 0.15) is 36.3 Å². The third-order valence-corrected chi connectivity index (χ3v) is 4.10. The first kappa shape index (κ1) is 11.0. The van der Waals surface area contributed by atoms with Gasteiger partial charge in [-0.25, -0.2) is 0 Å². The lowest BCUT2D eigenvalue weighted by Gasteiger charge is -2.23. The predicted octanol–water partition coefficient (Wildman–Crippen LogP) is 2.71. The molecule has 0 N–H and O–H groups in total. The second-order valence-corrected chi connectivity index (χ2v) is 5.08. The lowest BCUT2D eigenvalue weighted by atomic mass is 9.84. The molecule has 90 valence electrons. The van der Waals surface area contributed by atoms with E-state index in [2.05, 4.69) is 24.3 Å². The maximum Gasteiger partial charge on any atom is 0.143 e. The molecule has 0 amide bonds. The first-order valence-corrected chi connectivity index (χ1v) is 6.55. The fourth-order valence-electron chi connectivity index (χ4n) is 3.12. The minimum absolute atomic E-state index is 0.161. The molecule has 0 radical (unpaired) electrons. The molecule has 0 bridgehead atoms. The van der Waals surface area contributed by atoms with Crippen LogP contribution in [0.5, 0.6) is 0 Å². The number of ether oxygens (including phenoxy) is 1. The van der Waals surface area contributed by atoms with E-state index >= 15 is 0 Å². The van der Waals surface area contributed by atoms with Gasteiger partial charge in [0.2, 0.25) is 0 Å². The van der Waals surface area contributed by atoms with Crippen LogP contribution in [0.4, 0.5) is 0 Å². The molecule has 2 aliphatic rings. The Kier molecular flexibility index (Phi) is 2.98. The number of aryl methyl sites for hydroxylation is 1. The number of ketones is 1. The average Bonchev–Trinajstić information content (AvgIpc) is 2.83. The van der Waals surface area contributed by atoms with E-state index in [0.29, 0.717) is 5.78 Å². The van der Waals surface area contributed by atoms with Crippen molar-refractivity contribution < 1.29 is 9.53 Å². The second kappa shape index (κ2) is 4.61. The Hall–Kier alpha value is -1.15. The average molecular weight is 230 g/mol. The number of hydrogen-bond donors (Lipinski definition) is 0. The molecule has 1 heterocycles. The monoisotopic (exact) mass is 230 g/mol. The van der Waals surface area contributed by atoms with Gasteiger partial charge in [-0.05, 0) is 36.8 Å². The van der Waals surface area contributed by atoms with Crippen molar-refractivity contribution in [1.29, 1.82) is 0 Å². The number of hydrogen-bond acceptors (Lipinski definition) is 2. The summed E-state index contributed by atoms with van der Waals surface area (Å²) in [4.78, 5) is 12.5. The Bertz CT molecular complexity index is 419. The molecule has 1 aromatic rings. The highest BCUT2D eigenvalue weighted by molar-refractivity contribution is 5.89. The van der Waals surface area contributed by atoms with Gasteiger partial charge in [-0.3, -0.25) is 4.79 Å². The van der Waals surface area contributed by atoms with E-state index in [4.69, 9.17) is 4.74 Å². The van der Waals surface area contributed by atoms with Crippen molar-refractivity contribution in [2.24, 2.45) is 5.92 Å². The van der Waals surface area contributed by atoms with E-state index in [9.17, 15) is 4.79 Å². The number of benzene rings is 1. The maximum atomic E-state index is 12.5. The molecule has 17 heavy (non-hydrogen) atoms. The van der Waals surface area contributed by atoms with E-state index in [1.165, 1.54) is 11.1 Å². The fourth-order valence-corrected chi connectivity index (χ4v) is 3.12. The summed E-state index contributed by atoms with van der Waals surface area (Å²) in [6.07, 6.45) is 3.90. The summed E-state index contributed by atoms with van der Waals surface area (Å²) in [6, 6.07) is 8.41. The molecule has 1 unspecified atom stereocenters. The van der Waals surface area contributed by atoms with Crippen molar-refractivity contribution in [1.82, 2.24) is 0 Å². The van der Waals surface area contributed by atoms with Gasteiger partial charge >= 0.3 is 0 Å². The zero-order valence-corrected chi connectivity index (χ0v) is 10.0. The van der Waals surface area contributed by atoms with Crippen molar-refractivity contribution in [3.05, 3.63) is 35.4 Å². The number of fused-ring (bicyclic) bond motifs is 1. The minimum Gasteiger partial charge on any atom is -0.381 e. The molecule has 1 fully saturated rings. The predicted molar refractivity (Wildman–Crippen MR) is 66.1 cm³/mol. The van der Waals surface area contributed by atoms with Crippen LogP contribution in [0.3, 0.4) is 0 Å². The van der Waals surface area contributed by atoms with Crippen LogP contribution in [0.15, 0.2) is 24.3 Å². The molecule has 0 saturated carbocycles. The van der Waals surface area contributed by atoms with Gasteiger partial charge in [0, 0.05) is 25.0 Å². The van der Waals surface area contributed by atoms with E-state index in [1.807, 2.05) is 0 Å². The van der Waals surface area contributed by atoms with Crippen molar-refractivity contribution in [2.75, 3.05) is 13.2 Å². The summed E-state index contributed by atoms with van der Waals surface area (Å²) < 4.78 is 5.33. The number of rotatable bonds is 2. The van der Waals surface area contributed by atoms with Gasteiger partial charge < -0.3 is 4.74 Å². The summed E-state index contributed by atoms with van der Waals surface area (Å²) in [5, 5.41) is 0. The van der Waals surface area contributed by atoms with Crippen molar-refractivity contribution in [3.63, 3.8) is 0 Å². The molecule has 2 nitrogen and oxygen atoms in total. The number of Topliss-reactive ketones (excluding diaryl/α,β-unsaturated/α-hetero) is 1. The van der Waals surface area contributed by atoms with Crippen molar-refractivity contribution in [2.45, 2.75) is 31.6 Å². The lowest BCUT2D eigenvalue weighted by Crippen LogP contribution is -2.27. The van der Waals surface area contributed by atoms with Gasteiger partial charge in [-0.15, -0.1) is 0 Å². The van der Waals surface area contributed by atoms with E-state index in [0.717, 1.165) is 38.9 Å². The van der Waals surface area contributed by atoms with E-state index in [-0.39, 0.29) is 11.8 Å². The van der Waals surface area contributed by atoms with Gasteiger partial charge in [0.1, 0.15) is 5.78 Å². The summed E-state index contributed by atoms with van der Waals surface area (Å²) in [5.41, 5.74) is 2.65. The molecule has 1 atom stereocenters. The van der Waals surface area contributed by atoms with Gasteiger partial charge in [0.05, 0.1) is 0 Å². The molecule has 2 heteroatoms. The molecule has 1 aliphatic carbocycles. The Morgan fingerprint density at radius 3 is 2.71 bits per heavy atom. The second-order valence-electron chi connectivity index (χ2n) is 5.08. The largest absolute Gasteiger partial charge is 0.381 e. The topological polar surface area (TPSA) is 26.3 Å². The third kappa shape index (κ3) is 2.02. The van der Waals surface area contributed by atoms with E-state index in [1.54, 1.807) is 0 Å². The van der Waals surface area contributed by atoms with Crippen molar-refractivity contribution in [3.8, 4) is 0 Å². The molecule has 1 aromatic carbocycles. The van der Waals surface area contributed by atoms with Gasteiger partial charge in [0.25, 0.3) is 0 Å². The number of carbonyl (C=O) groups excluding carboxylic acids is 1. The van der Waals surface area contributed by atoms with Crippen LogP contribution in [-0.2, 0) is 16.0 Å². The Morgan fingerprint density at radius 1 is 1.12 bits per heavy atom. The Balaban J connectivity index is 1.79. The summed E-state index contributed by atoms with van der Waals surface area (Å²) >= 11 is 0. The van der Waals surface area contributed by atoms with Crippen LogP contribution < -0.4 is 0 Å². The smallest absolute Gasteiger partial charge is 0.143 e. The SMILES string of the molecule is O=C(C1CCOCC1)C1CCc2ccccc21. The van der Waals surface area contributed by atoms with Crippen molar-refractivity contribution >= 4 is 5.78 Å². The molecular formula is C15H18O2. The quantitative estimate of drug-likeness (QED) is 0.781. The van der Waals surface area contributed by atoms with Gasteiger partial charge in [-0.2, -0.15) is 0 Å². The van der Waals surface area contributed by atoms with Crippen LogP contribution in [0, 0.1) is 5.92 Å². The molecule has 3 rings (SSSR count). The Labute approximate surface area is 102 Å². The summed E-state index contributed by atoms with van der Waals surface area (Å²) in [6.45, 7) is 1.51. The molecular weight excluding hydrogens is 212 g/mol. The highest BCUT2D eigenvalue weighted by Gasteiger charge is 2.33. The number of carbonyl (C=O) groups is 1. The van der Waals surface area contributed by atoms with Crippen LogP contribution in [0.25, 0.3) is 0 Å². The lowest BCUT2D eigenvalue weighted by molar-refractivity contribution is -0.127. The molecule has 1 aliphatic heterocycles. The van der Waals surface area contributed by atoms with Crippen LogP contribution >= 0.6 is 0 Å². The van der Waals surface area contributed by atoms with Gasteiger partial charge in [0.15, 0.2) is 0 Å². The standard InChI is InChI=1S/C15H18O2/c16-15(12-7-9-17-10-8-12)14-6-5-11-3-1-2-4-13(11)14/h1-4,12,14H,5-10H2.